The van der Waals surface area contributed by atoms with Crippen molar-refractivity contribution in [3.8, 4) is 0 Å². The van der Waals surface area contributed by atoms with Crippen molar-refractivity contribution < 1.29 is 5.11 Å². The number of anilines is 1. The Morgan fingerprint density at radius 3 is 2.65 bits per heavy atom. The third kappa shape index (κ3) is 13.5. The molecule has 9 nitrogen and oxygen atoms in total. The van der Waals surface area contributed by atoms with E-state index in [1.165, 1.54) is 32.1 Å². The van der Waals surface area contributed by atoms with Gasteiger partial charge in [0.05, 0.1) is 23.8 Å². The number of nitrogens with one attached hydrogen (secondary N) is 1. The van der Waals surface area contributed by atoms with Gasteiger partial charge in [-0.25, -0.2) is 9.67 Å². The number of aliphatic hydroxyl groups is 1. The summed E-state index contributed by atoms with van der Waals surface area (Å²) in [5.41, 5.74) is 1.86. The summed E-state index contributed by atoms with van der Waals surface area (Å²) >= 11 is 0. The van der Waals surface area contributed by atoms with E-state index in [1.54, 1.807) is 17.2 Å². The minimum atomic E-state index is 0.641. The van der Waals surface area contributed by atoms with Crippen molar-refractivity contribution in [2.24, 2.45) is 16.1 Å². The number of pyridine rings is 1. The van der Waals surface area contributed by atoms with Crippen LogP contribution in [0.3, 0.4) is 0 Å². The first-order valence-electron chi connectivity index (χ1n) is 13.3. The molecule has 0 atom stereocenters. The monoisotopic (exact) mass is 508 g/mol. The van der Waals surface area contributed by atoms with Crippen LogP contribution in [0, 0.1) is 5.92 Å². The number of hydrogen-bond donors (Lipinski definition) is 2. The van der Waals surface area contributed by atoms with Gasteiger partial charge in [0, 0.05) is 32.9 Å². The first-order chi connectivity index (χ1) is 18.2. The minimum absolute atomic E-state index is 0.641. The molecule has 2 fully saturated rings. The minimum Gasteiger partial charge on any atom is -0.400 e. The van der Waals surface area contributed by atoms with E-state index in [2.05, 4.69) is 60.9 Å². The van der Waals surface area contributed by atoms with E-state index in [4.69, 9.17) is 5.11 Å². The maximum Gasteiger partial charge on any atom is 0.126 e. The number of aliphatic hydroxyl groups excluding tert-OH is 1. The third-order valence-corrected chi connectivity index (χ3v) is 5.79. The Morgan fingerprint density at radius 2 is 1.97 bits per heavy atom. The van der Waals surface area contributed by atoms with Crippen LogP contribution in [0.25, 0.3) is 6.20 Å². The van der Waals surface area contributed by atoms with E-state index in [1.807, 2.05) is 44.6 Å². The van der Waals surface area contributed by atoms with E-state index >= 15 is 0 Å². The van der Waals surface area contributed by atoms with Gasteiger partial charge >= 0.3 is 0 Å². The molecule has 2 aliphatic rings. The predicted octanol–water partition coefficient (Wildman–Crippen LogP) is 5.03. The van der Waals surface area contributed by atoms with Gasteiger partial charge in [0.25, 0.3) is 0 Å². The molecule has 4 rings (SSSR count). The van der Waals surface area contributed by atoms with Crippen LogP contribution in [0.1, 0.15) is 70.2 Å². The van der Waals surface area contributed by atoms with Crippen LogP contribution in [0.2, 0.25) is 0 Å². The maximum atomic E-state index is 7.00. The fraction of sp³-hybridized carbons (Fsp3) is 0.536. The lowest BCUT2D eigenvalue weighted by atomic mass is 10.2. The van der Waals surface area contributed by atoms with Gasteiger partial charge in [0.15, 0.2) is 0 Å². The lowest BCUT2D eigenvalue weighted by Crippen LogP contribution is -2.17. The topological polar surface area (TPSA) is 104 Å². The van der Waals surface area contributed by atoms with Crippen LogP contribution in [0.15, 0.2) is 52.8 Å². The molecule has 0 radical (unpaired) electrons. The molecular weight excluding hydrogens is 464 g/mol. The van der Waals surface area contributed by atoms with E-state index in [0.29, 0.717) is 6.04 Å². The van der Waals surface area contributed by atoms with Crippen LogP contribution >= 0.6 is 0 Å². The van der Waals surface area contributed by atoms with Gasteiger partial charge in [0.2, 0.25) is 0 Å². The Balaban J connectivity index is 0.000000617. The summed E-state index contributed by atoms with van der Waals surface area (Å²) in [6.07, 6.45) is 23.3. The molecule has 0 unspecified atom stereocenters. The van der Waals surface area contributed by atoms with Crippen LogP contribution in [0.5, 0.6) is 0 Å². The molecule has 0 bridgehead atoms. The molecule has 2 aliphatic carbocycles. The van der Waals surface area contributed by atoms with Crippen molar-refractivity contribution in [2.45, 2.75) is 71.3 Å². The van der Waals surface area contributed by atoms with E-state index < -0.39 is 0 Å². The molecular formula is C28H44N8O. The summed E-state index contributed by atoms with van der Waals surface area (Å²) in [7, 11) is 3.03. The lowest BCUT2D eigenvalue weighted by molar-refractivity contribution is 0.399. The SMILES string of the molecule is C/C=C\CC.CN(/C=N\N=C\c1cccc(NCC/C=C/n2cc(CCC3CC3)nn2)n1)C1CC1.CO. The van der Waals surface area contributed by atoms with Gasteiger partial charge in [0.1, 0.15) is 12.2 Å². The third-order valence-electron chi connectivity index (χ3n) is 5.79. The zero-order valence-electron chi connectivity index (χ0n) is 22.9. The van der Waals surface area contributed by atoms with E-state index in [-0.39, 0.29) is 0 Å². The van der Waals surface area contributed by atoms with Gasteiger partial charge in [-0.1, -0.05) is 49.3 Å². The molecule has 0 aliphatic heterocycles. The van der Waals surface area contributed by atoms with Crippen molar-refractivity contribution in [2.75, 3.05) is 26.0 Å². The molecule has 0 amide bonds. The first-order valence-corrected chi connectivity index (χ1v) is 13.3. The Hall–Kier alpha value is -3.33. The number of nitrogens with zero attached hydrogens (tertiary/aromatic N) is 7. The molecule has 0 aromatic carbocycles. The van der Waals surface area contributed by atoms with Crippen LogP contribution in [0.4, 0.5) is 5.82 Å². The quantitative estimate of drug-likeness (QED) is 0.129. The van der Waals surface area contributed by atoms with Crippen molar-refractivity contribution in [1.29, 1.82) is 0 Å². The Morgan fingerprint density at radius 1 is 1.16 bits per heavy atom. The van der Waals surface area contributed by atoms with Crippen LogP contribution in [-0.4, -0.2) is 69.3 Å². The summed E-state index contributed by atoms with van der Waals surface area (Å²) in [4.78, 5) is 6.64. The zero-order valence-corrected chi connectivity index (χ0v) is 22.9. The smallest absolute Gasteiger partial charge is 0.126 e. The molecule has 2 aromatic rings. The molecule has 0 saturated heterocycles. The summed E-state index contributed by atoms with van der Waals surface area (Å²) in [5, 5.41) is 26.9. The predicted molar refractivity (Wildman–Crippen MR) is 154 cm³/mol. The summed E-state index contributed by atoms with van der Waals surface area (Å²) in [6.45, 7) is 4.95. The fourth-order valence-corrected chi connectivity index (χ4v) is 3.36. The van der Waals surface area contributed by atoms with Crippen molar-refractivity contribution in [3.63, 3.8) is 0 Å². The average molecular weight is 509 g/mol. The summed E-state index contributed by atoms with van der Waals surface area (Å²) in [5.74, 6) is 1.76. The highest BCUT2D eigenvalue weighted by atomic mass is 16.2. The fourth-order valence-electron chi connectivity index (χ4n) is 3.36. The second-order valence-corrected chi connectivity index (χ2v) is 9.07. The second kappa shape index (κ2) is 18.0. The Labute approximate surface area is 222 Å². The second-order valence-electron chi connectivity index (χ2n) is 9.07. The summed E-state index contributed by atoms with van der Waals surface area (Å²) in [6, 6.07) is 6.47. The summed E-state index contributed by atoms with van der Waals surface area (Å²) < 4.78 is 1.79. The Bertz CT molecular complexity index is 990. The molecule has 2 heterocycles. The number of aromatic nitrogens is 4. The zero-order chi connectivity index (χ0) is 26.7. The average Bonchev–Trinajstić information content (AvgIpc) is 3.86. The van der Waals surface area contributed by atoms with E-state index in [9.17, 15) is 0 Å². The van der Waals surface area contributed by atoms with Crippen molar-refractivity contribution >= 4 is 24.6 Å². The molecule has 2 aromatic heterocycles. The highest BCUT2D eigenvalue weighted by Gasteiger charge is 2.24. The molecule has 37 heavy (non-hydrogen) atoms. The molecule has 0 spiro atoms. The van der Waals surface area contributed by atoms with E-state index in [0.717, 1.165) is 56.0 Å². The van der Waals surface area contributed by atoms with Gasteiger partial charge < -0.3 is 15.3 Å². The van der Waals surface area contributed by atoms with Gasteiger partial charge in [-0.3, -0.25) is 0 Å². The standard InChI is InChI=1S/C22H30N8.C5H10.CH4O/c1-29(21-11-12-21)17-25-24-15-19-5-4-6-22(26-19)23-13-2-3-14-30-16-20(27-28-30)10-9-18-7-8-18;1-3-5-4-2;1-2/h3-6,14-18,21H,2,7-13H2,1H3,(H,23,26);3,5H,4H2,1-2H3;2H,1H3/b14-3+,24-15+,25-17-;5-3-;. The molecule has 2 saturated carbocycles. The lowest BCUT2D eigenvalue weighted by Gasteiger charge is -2.08. The molecule has 202 valence electrons. The molecule has 2 N–H and O–H groups in total. The highest BCUT2D eigenvalue weighted by molar-refractivity contribution is 5.77. The van der Waals surface area contributed by atoms with Crippen LogP contribution in [-0.2, 0) is 6.42 Å². The van der Waals surface area contributed by atoms with Crippen molar-refractivity contribution in [1.82, 2.24) is 24.9 Å². The molecule has 9 heteroatoms. The highest BCUT2D eigenvalue weighted by Crippen LogP contribution is 2.33. The number of allylic oxidation sites excluding steroid dienone is 2. The number of rotatable bonds is 13. The Kier molecular flexibility index (Phi) is 14.5. The van der Waals surface area contributed by atoms with Gasteiger partial charge in [-0.05, 0) is 63.5 Å². The van der Waals surface area contributed by atoms with Gasteiger partial charge in [-0.15, -0.1) is 10.2 Å². The number of aryl methyl sites for hydroxylation is 1. The van der Waals surface area contributed by atoms with Crippen LogP contribution < -0.4 is 5.32 Å². The normalized spacial score (nSPS) is 15.2. The maximum absolute atomic E-state index is 7.00. The first kappa shape index (κ1) is 29.9. The van der Waals surface area contributed by atoms with Crippen molar-refractivity contribution in [3.05, 3.63) is 54.0 Å². The largest absolute Gasteiger partial charge is 0.400 e. The number of hydrogen-bond acceptors (Lipinski definition) is 7. The van der Waals surface area contributed by atoms with Gasteiger partial charge in [-0.2, -0.15) is 5.10 Å².